The number of rotatable bonds is 7. The van der Waals surface area contributed by atoms with Crippen molar-refractivity contribution in [3.05, 3.63) is 52.8 Å². The van der Waals surface area contributed by atoms with Gasteiger partial charge in [-0.2, -0.15) is 0 Å². The van der Waals surface area contributed by atoms with E-state index in [4.69, 9.17) is 0 Å². The van der Waals surface area contributed by atoms with Crippen molar-refractivity contribution in [3.63, 3.8) is 0 Å². The molecule has 176 valence electrons. The monoisotopic (exact) mass is 538 g/mol. The van der Waals surface area contributed by atoms with Crippen LogP contribution in [0.3, 0.4) is 0 Å². The third-order valence-electron chi connectivity index (χ3n) is 5.04. The molecule has 9 nitrogen and oxygen atoms in total. The molecule has 12 heteroatoms. The second-order valence-corrected chi connectivity index (χ2v) is 8.88. The number of carbonyl (C=O) groups excluding carboxylic acids is 2. The van der Waals surface area contributed by atoms with Gasteiger partial charge in [0.15, 0.2) is 5.84 Å². The standard InChI is InChI=1S/C21H24BrFN6O3S/c1-24-33-28-15-4-2-14(3-5-15)26-21(31)29-10-8-13(9-11-29)19(30)20(27-32)25-16-6-7-18(23)17(22)12-16/h2-7,12-13,24,28,32H,8-11H2,1H3,(H,25,27)(H,26,31). The summed E-state index contributed by atoms with van der Waals surface area (Å²) in [6.45, 7) is 0.781. The van der Waals surface area contributed by atoms with Crippen LogP contribution in [0.4, 0.5) is 26.2 Å². The number of Topliss-reactive ketones (excluding diaryl/α,β-unsaturated/α-hetero) is 1. The predicted molar refractivity (Wildman–Crippen MR) is 131 cm³/mol. The largest absolute Gasteiger partial charge is 0.324 e. The summed E-state index contributed by atoms with van der Waals surface area (Å²) in [4.78, 5) is 31.1. The zero-order chi connectivity index (χ0) is 23.8. The average Bonchev–Trinajstić information content (AvgIpc) is 2.84. The number of ketones is 1. The van der Waals surface area contributed by atoms with E-state index in [0.29, 0.717) is 37.3 Å². The van der Waals surface area contributed by atoms with Gasteiger partial charge in [0.25, 0.3) is 0 Å². The van der Waals surface area contributed by atoms with Crippen molar-refractivity contribution < 1.29 is 19.2 Å². The summed E-state index contributed by atoms with van der Waals surface area (Å²) in [6.07, 6.45) is 0.869. The van der Waals surface area contributed by atoms with Crippen molar-refractivity contribution in [2.75, 3.05) is 30.2 Å². The van der Waals surface area contributed by atoms with Crippen molar-refractivity contribution in [3.8, 4) is 0 Å². The molecule has 5 N–H and O–H groups in total. The minimum Gasteiger partial charge on any atom is -0.324 e. The van der Waals surface area contributed by atoms with Crippen LogP contribution in [0.2, 0.25) is 0 Å². The Morgan fingerprint density at radius 2 is 1.82 bits per heavy atom. The van der Waals surface area contributed by atoms with Crippen molar-refractivity contribution in [1.29, 1.82) is 0 Å². The molecule has 1 heterocycles. The number of carbonyl (C=O) groups is 2. The molecule has 0 aliphatic carbocycles. The topological polar surface area (TPSA) is 118 Å². The molecule has 33 heavy (non-hydrogen) atoms. The molecule has 0 aromatic heterocycles. The summed E-state index contributed by atoms with van der Waals surface area (Å²) in [5.41, 5.74) is 3.74. The number of halogens is 2. The number of hydrogen-bond acceptors (Lipinski definition) is 7. The summed E-state index contributed by atoms with van der Waals surface area (Å²) in [5.74, 6) is -1.43. The second-order valence-electron chi connectivity index (χ2n) is 7.21. The van der Waals surface area contributed by atoms with Crippen LogP contribution in [-0.4, -0.2) is 47.9 Å². The fraction of sp³-hybridized carbons (Fsp3) is 0.286. The van der Waals surface area contributed by atoms with E-state index < -0.39 is 11.7 Å². The molecule has 0 atom stereocenters. The molecule has 0 saturated carbocycles. The smallest absolute Gasteiger partial charge is 0.321 e. The molecule has 1 aliphatic heterocycles. The summed E-state index contributed by atoms with van der Waals surface area (Å²) in [7, 11) is 1.81. The lowest BCUT2D eigenvalue weighted by atomic mass is 9.92. The van der Waals surface area contributed by atoms with Gasteiger partial charge < -0.3 is 14.9 Å². The van der Waals surface area contributed by atoms with E-state index in [9.17, 15) is 19.2 Å². The Morgan fingerprint density at radius 3 is 2.42 bits per heavy atom. The summed E-state index contributed by atoms with van der Waals surface area (Å²) < 4.78 is 19.6. The van der Waals surface area contributed by atoms with Gasteiger partial charge >= 0.3 is 6.03 Å². The molecule has 2 aromatic carbocycles. The van der Waals surface area contributed by atoms with E-state index in [1.807, 2.05) is 24.7 Å². The number of amidine groups is 1. The number of nitrogens with zero attached hydrogens (tertiary/aromatic N) is 2. The minimum atomic E-state index is -0.454. The SMILES string of the molecule is CNSNc1ccc(NC(=O)N2CCC(C(=O)C(=Nc3ccc(F)c(Br)c3)NO)CC2)cc1. The van der Waals surface area contributed by atoms with Crippen LogP contribution in [0.5, 0.6) is 0 Å². The fourth-order valence-corrected chi connectivity index (χ4v) is 4.01. The first-order chi connectivity index (χ1) is 15.9. The minimum absolute atomic E-state index is 0.204. The number of hydrogen-bond donors (Lipinski definition) is 5. The number of benzene rings is 2. The third kappa shape index (κ3) is 6.90. The molecule has 2 aromatic rings. The van der Waals surface area contributed by atoms with Crippen LogP contribution < -0.4 is 20.2 Å². The molecule has 1 saturated heterocycles. The Balaban J connectivity index is 1.54. The lowest BCUT2D eigenvalue weighted by Crippen LogP contribution is -2.44. The molecule has 0 unspecified atom stereocenters. The Hall–Kier alpha value is -2.67. The zero-order valence-electron chi connectivity index (χ0n) is 17.8. The number of anilines is 2. The Morgan fingerprint density at radius 1 is 1.15 bits per heavy atom. The second kappa shape index (κ2) is 12.0. The Bertz CT molecular complexity index is 1020. The highest BCUT2D eigenvalue weighted by molar-refractivity contribution is 9.10. The van der Waals surface area contributed by atoms with Crippen molar-refractivity contribution in [1.82, 2.24) is 15.1 Å². The molecular weight excluding hydrogens is 515 g/mol. The van der Waals surface area contributed by atoms with Gasteiger partial charge in [0.1, 0.15) is 5.82 Å². The fourth-order valence-electron chi connectivity index (χ4n) is 3.29. The lowest BCUT2D eigenvalue weighted by Gasteiger charge is -2.31. The highest BCUT2D eigenvalue weighted by Gasteiger charge is 2.30. The Labute approximate surface area is 203 Å². The molecule has 0 bridgehead atoms. The normalized spacial score (nSPS) is 14.7. The van der Waals surface area contributed by atoms with Crippen LogP contribution in [0.15, 0.2) is 51.9 Å². The van der Waals surface area contributed by atoms with Gasteiger partial charge in [-0.15, -0.1) is 0 Å². The molecule has 3 rings (SSSR count). The van der Waals surface area contributed by atoms with Crippen molar-refractivity contribution in [2.24, 2.45) is 10.9 Å². The van der Waals surface area contributed by atoms with Crippen LogP contribution in [0.1, 0.15) is 12.8 Å². The van der Waals surface area contributed by atoms with Gasteiger partial charge in [-0.25, -0.2) is 24.4 Å². The maximum atomic E-state index is 13.4. The van der Waals surface area contributed by atoms with E-state index >= 15 is 0 Å². The number of likely N-dealkylation sites (tertiary alicyclic amines) is 1. The highest BCUT2D eigenvalue weighted by Crippen LogP contribution is 2.24. The number of amides is 2. The molecule has 2 amide bonds. The molecular formula is C21H24BrFN6O3S. The first kappa shape index (κ1) is 25.0. The van der Waals surface area contributed by atoms with Crippen molar-refractivity contribution >= 4 is 62.8 Å². The molecule has 0 spiro atoms. The molecule has 1 fully saturated rings. The lowest BCUT2D eigenvalue weighted by molar-refractivity contribution is -0.118. The summed E-state index contributed by atoms with van der Waals surface area (Å²) in [5, 5.41) is 12.3. The van der Waals surface area contributed by atoms with Crippen molar-refractivity contribution in [2.45, 2.75) is 12.8 Å². The number of urea groups is 1. The Kier molecular flexibility index (Phi) is 9.06. The van der Waals surface area contributed by atoms with E-state index in [2.05, 4.69) is 35.7 Å². The van der Waals surface area contributed by atoms with Crippen LogP contribution in [0, 0.1) is 11.7 Å². The average molecular weight is 539 g/mol. The third-order valence-corrected chi connectivity index (χ3v) is 6.19. The van der Waals surface area contributed by atoms with E-state index in [0.717, 1.165) is 5.69 Å². The van der Waals surface area contributed by atoms with Gasteiger partial charge in [0.2, 0.25) is 5.78 Å². The summed E-state index contributed by atoms with van der Waals surface area (Å²) in [6, 6.07) is 11.1. The maximum absolute atomic E-state index is 13.4. The van der Waals surface area contributed by atoms with E-state index in [1.54, 1.807) is 17.0 Å². The molecule has 0 radical (unpaired) electrons. The van der Waals surface area contributed by atoms with E-state index in [-0.39, 0.29) is 22.1 Å². The highest BCUT2D eigenvalue weighted by atomic mass is 79.9. The van der Waals surface area contributed by atoms with Gasteiger partial charge in [-0.1, -0.05) is 0 Å². The van der Waals surface area contributed by atoms with Gasteiger partial charge in [-0.05, 0) is 78.3 Å². The first-order valence-corrected chi connectivity index (χ1v) is 11.7. The number of hydroxylamine groups is 1. The number of aliphatic imine (C=N–C) groups is 1. The number of piperidine rings is 1. The van der Waals surface area contributed by atoms with Crippen LogP contribution >= 0.6 is 28.1 Å². The predicted octanol–water partition coefficient (Wildman–Crippen LogP) is 4.30. The first-order valence-electron chi connectivity index (χ1n) is 10.1. The molecule has 1 aliphatic rings. The zero-order valence-corrected chi connectivity index (χ0v) is 20.2. The quantitative estimate of drug-likeness (QED) is 0.154. The maximum Gasteiger partial charge on any atom is 0.321 e. The van der Waals surface area contributed by atoms with Gasteiger partial charge in [0, 0.05) is 42.5 Å². The van der Waals surface area contributed by atoms with E-state index in [1.165, 1.54) is 30.3 Å². The number of nitrogens with one attached hydrogen (secondary N) is 4. The van der Waals surface area contributed by atoms with Gasteiger partial charge in [0.05, 0.1) is 10.2 Å². The van der Waals surface area contributed by atoms with Gasteiger partial charge in [-0.3, -0.25) is 10.0 Å². The summed E-state index contributed by atoms with van der Waals surface area (Å²) >= 11 is 4.41. The van der Waals surface area contributed by atoms with Crippen LogP contribution in [0.25, 0.3) is 0 Å². The van der Waals surface area contributed by atoms with Crippen LogP contribution in [-0.2, 0) is 4.79 Å².